The van der Waals surface area contributed by atoms with Crippen molar-refractivity contribution in [2.75, 3.05) is 30.4 Å². The quantitative estimate of drug-likeness (QED) is 0.409. The average molecular weight is 391 g/mol. The summed E-state index contributed by atoms with van der Waals surface area (Å²) in [7, 11) is 3.85. The van der Waals surface area contributed by atoms with Gasteiger partial charge in [-0.15, -0.1) is 0 Å². The second kappa shape index (κ2) is 10.1. The van der Waals surface area contributed by atoms with E-state index >= 15 is 0 Å². The molecule has 0 aliphatic carbocycles. The number of hydrogen-bond donors (Lipinski definition) is 0. The van der Waals surface area contributed by atoms with Crippen molar-refractivity contribution < 1.29 is 14.3 Å². The highest BCUT2D eigenvalue weighted by atomic mass is 16.5. The SMILES string of the molecule is CCN(C(=O)[C@@H](C)OC(=O)/C(C#N)=C\c1ccc(N(C)C)cc1)c1ccccc1. The van der Waals surface area contributed by atoms with Crippen LogP contribution < -0.4 is 9.80 Å². The van der Waals surface area contributed by atoms with Gasteiger partial charge in [0.05, 0.1) is 0 Å². The molecule has 0 aliphatic heterocycles. The molecular weight excluding hydrogens is 366 g/mol. The number of ether oxygens (including phenoxy) is 1. The van der Waals surface area contributed by atoms with Crippen molar-refractivity contribution in [3.05, 3.63) is 65.7 Å². The van der Waals surface area contributed by atoms with Crippen molar-refractivity contribution in [1.82, 2.24) is 0 Å². The molecule has 0 aromatic heterocycles. The maximum atomic E-state index is 12.7. The summed E-state index contributed by atoms with van der Waals surface area (Å²) in [4.78, 5) is 28.6. The van der Waals surface area contributed by atoms with Gasteiger partial charge in [0.2, 0.25) is 0 Å². The fraction of sp³-hybridized carbons (Fsp3) is 0.261. The number of likely N-dealkylation sites (N-methyl/N-ethyl adjacent to an activating group) is 1. The minimum absolute atomic E-state index is 0.162. The molecule has 2 rings (SSSR count). The van der Waals surface area contributed by atoms with Crippen molar-refractivity contribution in [3.8, 4) is 6.07 Å². The first-order valence-corrected chi connectivity index (χ1v) is 9.34. The van der Waals surface area contributed by atoms with E-state index in [9.17, 15) is 14.9 Å². The van der Waals surface area contributed by atoms with Gasteiger partial charge in [-0.05, 0) is 49.8 Å². The zero-order valence-corrected chi connectivity index (χ0v) is 17.1. The van der Waals surface area contributed by atoms with Gasteiger partial charge in [-0.25, -0.2) is 4.79 Å². The minimum atomic E-state index is -1.02. The first kappa shape index (κ1) is 21.7. The summed E-state index contributed by atoms with van der Waals surface area (Å²) >= 11 is 0. The summed E-state index contributed by atoms with van der Waals surface area (Å²) in [5.41, 5.74) is 2.26. The van der Waals surface area contributed by atoms with Crippen LogP contribution in [0.3, 0.4) is 0 Å². The van der Waals surface area contributed by atoms with E-state index in [4.69, 9.17) is 4.74 Å². The molecule has 2 aromatic carbocycles. The van der Waals surface area contributed by atoms with Gasteiger partial charge in [-0.1, -0.05) is 30.3 Å². The van der Waals surface area contributed by atoms with Crippen LogP contribution in [0.5, 0.6) is 0 Å². The van der Waals surface area contributed by atoms with Crippen LogP contribution in [0, 0.1) is 11.3 Å². The highest BCUT2D eigenvalue weighted by molar-refractivity contribution is 6.01. The molecule has 2 aromatic rings. The Balaban J connectivity index is 2.11. The van der Waals surface area contributed by atoms with Crippen molar-refractivity contribution in [2.24, 2.45) is 0 Å². The molecule has 0 unspecified atom stereocenters. The number of hydrogen-bond acceptors (Lipinski definition) is 5. The first-order valence-electron chi connectivity index (χ1n) is 9.34. The van der Waals surface area contributed by atoms with Gasteiger partial charge in [0.1, 0.15) is 11.6 Å². The molecule has 0 radical (unpaired) electrons. The van der Waals surface area contributed by atoms with E-state index in [-0.39, 0.29) is 11.5 Å². The molecule has 6 nitrogen and oxygen atoms in total. The number of amides is 1. The van der Waals surface area contributed by atoms with Gasteiger partial charge in [0, 0.05) is 32.0 Å². The van der Waals surface area contributed by atoms with Crippen molar-refractivity contribution in [3.63, 3.8) is 0 Å². The third kappa shape index (κ3) is 5.69. The van der Waals surface area contributed by atoms with E-state index < -0.39 is 12.1 Å². The smallest absolute Gasteiger partial charge is 0.349 e. The van der Waals surface area contributed by atoms with Crippen LogP contribution in [0.1, 0.15) is 19.4 Å². The highest BCUT2D eigenvalue weighted by Gasteiger charge is 2.25. The maximum Gasteiger partial charge on any atom is 0.349 e. The predicted octanol–water partition coefficient (Wildman–Crippen LogP) is 3.64. The lowest BCUT2D eigenvalue weighted by Crippen LogP contribution is -2.40. The minimum Gasteiger partial charge on any atom is -0.448 e. The van der Waals surface area contributed by atoms with Crippen LogP contribution in [0.25, 0.3) is 6.08 Å². The Morgan fingerprint density at radius 3 is 2.21 bits per heavy atom. The summed E-state index contributed by atoms with van der Waals surface area (Å²) in [6.07, 6.45) is 0.434. The summed E-state index contributed by atoms with van der Waals surface area (Å²) in [6, 6.07) is 18.4. The second-order valence-corrected chi connectivity index (χ2v) is 6.62. The molecule has 0 heterocycles. The van der Waals surface area contributed by atoms with Gasteiger partial charge in [-0.3, -0.25) is 4.79 Å². The summed E-state index contributed by atoms with van der Waals surface area (Å²) < 4.78 is 5.27. The molecule has 1 atom stereocenters. The molecular formula is C23H25N3O3. The van der Waals surface area contributed by atoms with E-state index in [1.54, 1.807) is 0 Å². The van der Waals surface area contributed by atoms with E-state index in [1.165, 1.54) is 17.9 Å². The van der Waals surface area contributed by atoms with Gasteiger partial charge in [0.15, 0.2) is 6.10 Å². The molecule has 0 saturated carbocycles. The van der Waals surface area contributed by atoms with Crippen LogP contribution >= 0.6 is 0 Å². The van der Waals surface area contributed by atoms with Gasteiger partial charge >= 0.3 is 5.97 Å². The van der Waals surface area contributed by atoms with Crippen molar-refractivity contribution in [1.29, 1.82) is 5.26 Å². The molecule has 150 valence electrons. The number of nitrogens with zero attached hydrogens (tertiary/aromatic N) is 3. The number of anilines is 2. The molecule has 0 spiro atoms. The largest absolute Gasteiger partial charge is 0.448 e. The average Bonchev–Trinajstić information content (AvgIpc) is 2.73. The number of nitriles is 1. The Hall–Kier alpha value is -3.59. The van der Waals surface area contributed by atoms with Crippen LogP contribution in [-0.2, 0) is 14.3 Å². The summed E-state index contributed by atoms with van der Waals surface area (Å²) in [6.45, 7) is 3.79. The number of carbonyl (C=O) groups excluding carboxylic acids is 2. The monoisotopic (exact) mass is 391 g/mol. The Bertz CT molecular complexity index is 913. The normalized spacial score (nSPS) is 11.9. The highest BCUT2D eigenvalue weighted by Crippen LogP contribution is 2.17. The van der Waals surface area contributed by atoms with E-state index in [0.29, 0.717) is 12.1 Å². The number of rotatable bonds is 7. The molecule has 29 heavy (non-hydrogen) atoms. The summed E-state index contributed by atoms with van der Waals surface area (Å²) in [5.74, 6) is -1.17. The molecule has 0 saturated heterocycles. The van der Waals surface area contributed by atoms with Crippen molar-refractivity contribution >= 4 is 29.3 Å². The Morgan fingerprint density at radius 1 is 1.07 bits per heavy atom. The second-order valence-electron chi connectivity index (χ2n) is 6.62. The third-order valence-corrected chi connectivity index (χ3v) is 4.34. The number of para-hydroxylation sites is 1. The Morgan fingerprint density at radius 2 is 1.69 bits per heavy atom. The topological polar surface area (TPSA) is 73.6 Å². The molecule has 0 bridgehead atoms. The first-order chi connectivity index (χ1) is 13.9. The lowest BCUT2D eigenvalue weighted by Gasteiger charge is -2.24. The van der Waals surface area contributed by atoms with Crippen molar-refractivity contribution in [2.45, 2.75) is 20.0 Å². The molecule has 1 amide bonds. The van der Waals surface area contributed by atoms with Crippen LogP contribution in [0.4, 0.5) is 11.4 Å². The van der Waals surface area contributed by atoms with Crippen LogP contribution in [-0.4, -0.2) is 38.6 Å². The molecule has 0 aliphatic rings. The van der Waals surface area contributed by atoms with Gasteiger partial charge in [-0.2, -0.15) is 5.26 Å². The molecule has 0 N–H and O–H groups in total. The zero-order chi connectivity index (χ0) is 21.4. The lowest BCUT2D eigenvalue weighted by atomic mass is 10.1. The zero-order valence-electron chi connectivity index (χ0n) is 17.1. The predicted molar refractivity (Wildman–Crippen MR) is 114 cm³/mol. The van der Waals surface area contributed by atoms with Gasteiger partial charge in [0.25, 0.3) is 5.91 Å². The van der Waals surface area contributed by atoms with Crippen LogP contribution in [0.2, 0.25) is 0 Å². The van der Waals surface area contributed by atoms with Gasteiger partial charge < -0.3 is 14.5 Å². The number of benzene rings is 2. The Kier molecular flexibility index (Phi) is 7.55. The number of carbonyl (C=O) groups is 2. The van der Waals surface area contributed by atoms with Crippen LogP contribution in [0.15, 0.2) is 60.2 Å². The third-order valence-electron chi connectivity index (χ3n) is 4.34. The van der Waals surface area contributed by atoms with E-state index in [2.05, 4.69) is 0 Å². The standard InChI is InChI=1S/C23H25N3O3/c1-5-26(21-9-7-6-8-10-21)22(27)17(2)29-23(28)19(16-24)15-18-11-13-20(14-12-18)25(3)4/h6-15,17H,5H2,1-4H3/b19-15-/t17-/m1/s1. The fourth-order valence-electron chi connectivity index (χ4n) is 2.74. The molecule has 0 fully saturated rings. The van der Waals surface area contributed by atoms with E-state index in [1.807, 2.05) is 86.6 Å². The molecule has 6 heteroatoms. The Labute approximate surface area is 171 Å². The maximum absolute atomic E-state index is 12.7. The van der Waals surface area contributed by atoms with E-state index in [0.717, 1.165) is 11.4 Å². The summed E-state index contributed by atoms with van der Waals surface area (Å²) in [5, 5.41) is 9.36. The lowest BCUT2D eigenvalue weighted by molar-refractivity contribution is -0.149. The fourth-order valence-corrected chi connectivity index (χ4v) is 2.74. The number of esters is 1.